The van der Waals surface area contributed by atoms with Gasteiger partial charge < -0.3 is 10.4 Å². The third-order valence-electron chi connectivity index (χ3n) is 6.62. The molecule has 1 aliphatic heterocycles. The lowest BCUT2D eigenvalue weighted by Gasteiger charge is -2.58. The minimum absolute atomic E-state index is 0.0928. The second kappa shape index (κ2) is 4.95. The van der Waals surface area contributed by atoms with Gasteiger partial charge in [0.25, 0.3) is 0 Å². The standard InChI is InChI=1S/C17H28N2O2/c1-2-19-5-3-4-14(19)16(20)18-15-12-6-11-7-13(15)10-17(21,8-11)9-12/h11-15,21H,2-10H2,1H3,(H,18,20)/t11?,12-,13+,14-,15?,17?/m1/s1. The van der Waals surface area contributed by atoms with E-state index in [1.807, 2.05) is 0 Å². The largest absolute Gasteiger partial charge is 0.390 e. The predicted octanol–water partition coefficient (Wildman–Crippen LogP) is 1.53. The zero-order valence-corrected chi connectivity index (χ0v) is 13.1. The van der Waals surface area contributed by atoms with Crippen molar-refractivity contribution >= 4 is 5.91 Å². The maximum atomic E-state index is 12.7. The minimum Gasteiger partial charge on any atom is -0.390 e. The van der Waals surface area contributed by atoms with Crippen LogP contribution in [0.3, 0.4) is 0 Å². The highest BCUT2D eigenvalue weighted by atomic mass is 16.3. The molecular formula is C17H28N2O2. The van der Waals surface area contributed by atoms with Crippen molar-refractivity contribution in [2.24, 2.45) is 17.8 Å². The lowest BCUT2D eigenvalue weighted by molar-refractivity contribution is -0.148. The summed E-state index contributed by atoms with van der Waals surface area (Å²) in [5.74, 6) is 1.99. The topological polar surface area (TPSA) is 52.6 Å². The van der Waals surface area contributed by atoms with Gasteiger partial charge in [-0.25, -0.2) is 0 Å². The summed E-state index contributed by atoms with van der Waals surface area (Å²) in [6.07, 6.45) is 7.41. The normalized spacial score (nSPS) is 48.8. The highest BCUT2D eigenvalue weighted by molar-refractivity contribution is 5.82. The van der Waals surface area contributed by atoms with Crippen LogP contribution in [-0.2, 0) is 4.79 Å². The summed E-state index contributed by atoms with van der Waals surface area (Å²) in [6, 6.07) is 0.420. The molecule has 118 valence electrons. The summed E-state index contributed by atoms with van der Waals surface area (Å²) in [4.78, 5) is 15.0. The van der Waals surface area contributed by atoms with E-state index in [-0.39, 0.29) is 11.9 Å². The molecule has 1 heterocycles. The van der Waals surface area contributed by atoms with Gasteiger partial charge in [0.1, 0.15) is 0 Å². The molecule has 4 aliphatic carbocycles. The van der Waals surface area contributed by atoms with Crippen LogP contribution in [0.2, 0.25) is 0 Å². The number of hydrogen-bond acceptors (Lipinski definition) is 3. The van der Waals surface area contributed by atoms with Crippen molar-refractivity contribution in [3.63, 3.8) is 0 Å². The molecule has 5 rings (SSSR count). The molecule has 4 nitrogen and oxygen atoms in total. The van der Waals surface area contributed by atoms with E-state index in [0.717, 1.165) is 45.2 Å². The predicted molar refractivity (Wildman–Crippen MR) is 80.7 cm³/mol. The summed E-state index contributed by atoms with van der Waals surface area (Å²) in [5.41, 5.74) is -0.402. The zero-order valence-electron chi connectivity index (χ0n) is 13.1. The highest BCUT2D eigenvalue weighted by Crippen LogP contribution is 2.55. The van der Waals surface area contributed by atoms with Gasteiger partial charge in [0, 0.05) is 6.04 Å². The van der Waals surface area contributed by atoms with Crippen molar-refractivity contribution in [3.05, 3.63) is 0 Å². The monoisotopic (exact) mass is 292 g/mol. The lowest BCUT2D eigenvalue weighted by atomic mass is 9.52. The van der Waals surface area contributed by atoms with E-state index in [1.165, 1.54) is 12.8 Å². The number of carbonyl (C=O) groups is 1. The fourth-order valence-electron chi connectivity index (χ4n) is 5.98. The molecule has 5 fully saturated rings. The molecule has 0 aromatic carbocycles. The first kappa shape index (κ1) is 14.0. The summed E-state index contributed by atoms with van der Waals surface area (Å²) in [6.45, 7) is 4.18. The van der Waals surface area contributed by atoms with E-state index >= 15 is 0 Å². The number of nitrogens with zero attached hydrogens (tertiary/aromatic N) is 1. The van der Waals surface area contributed by atoms with Crippen LogP contribution in [0.15, 0.2) is 0 Å². The number of amides is 1. The van der Waals surface area contributed by atoms with Crippen LogP contribution < -0.4 is 5.32 Å². The molecule has 0 radical (unpaired) electrons. The first-order valence-electron chi connectivity index (χ1n) is 8.85. The number of rotatable bonds is 3. The highest BCUT2D eigenvalue weighted by Gasteiger charge is 2.55. The van der Waals surface area contributed by atoms with E-state index in [2.05, 4.69) is 17.1 Å². The average Bonchev–Trinajstić information content (AvgIpc) is 2.89. The van der Waals surface area contributed by atoms with E-state index in [9.17, 15) is 9.90 Å². The van der Waals surface area contributed by atoms with Crippen molar-refractivity contribution in [1.29, 1.82) is 0 Å². The summed E-state index contributed by atoms with van der Waals surface area (Å²) >= 11 is 0. The van der Waals surface area contributed by atoms with E-state index in [0.29, 0.717) is 23.8 Å². The van der Waals surface area contributed by atoms with Crippen molar-refractivity contribution in [2.45, 2.75) is 69.6 Å². The SMILES string of the molecule is CCN1CCC[C@@H]1C(=O)NC1[C@@H]2CC3C[C@H]1CC(O)(C3)C2. The number of hydrogen-bond donors (Lipinski definition) is 2. The number of aliphatic hydroxyl groups is 1. The molecule has 4 saturated carbocycles. The van der Waals surface area contributed by atoms with Crippen molar-refractivity contribution in [3.8, 4) is 0 Å². The average molecular weight is 292 g/mol. The minimum atomic E-state index is -0.402. The van der Waals surface area contributed by atoms with E-state index < -0.39 is 5.60 Å². The second-order valence-electron chi connectivity index (χ2n) is 8.02. The molecule has 6 atom stereocenters. The van der Waals surface area contributed by atoms with E-state index in [4.69, 9.17) is 0 Å². The van der Waals surface area contributed by atoms with Crippen LogP contribution in [0.5, 0.6) is 0 Å². The molecule has 4 heteroatoms. The van der Waals surface area contributed by atoms with Crippen LogP contribution in [-0.4, -0.2) is 46.7 Å². The third-order valence-corrected chi connectivity index (χ3v) is 6.62. The quantitative estimate of drug-likeness (QED) is 0.829. The third kappa shape index (κ3) is 2.31. The Balaban J connectivity index is 1.45. The molecule has 3 unspecified atom stereocenters. The van der Waals surface area contributed by atoms with Crippen LogP contribution in [0.25, 0.3) is 0 Å². The Bertz CT molecular complexity index is 423. The van der Waals surface area contributed by atoms with Gasteiger partial charge in [-0.05, 0) is 75.8 Å². The van der Waals surface area contributed by atoms with Crippen LogP contribution >= 0.6 is 0 Å². The van der Waals surface area contributed by atoms with Gasteiger partial charge in [-0.2, -0.15) is 0 Å². The molecule has 0 spiro atoms. The number of nitrogens with one attached hydrogen (secondary N) is 1. The Morgan fingerprint density at radius 2 is 2.00 bits per heavy atom. The number of likely N-dealkylation sites (N-methyl/N-ethyl adjacent to an activating group) is 1. The molecule has 21 heavy (non-hydrogen) atoms. The fourth-order valence-corrected chi connectivity index (χ4v) is 5.98. The van der Waals surface area contributed by atoms with Crippen LogP contribution in [0.4, 0.5) is 0 Å². The van der Waals surface area contributed by atoms with E-state index in [1.54, 1.807) is 0 Å². The van der Waals surface area contributed by atoms with Crippen molar-refractivity contribution < 1.29 is 9.90 Å². The molecule has 1 amide bonds. The molecular weight excluding hydrogens is 264 g/mol. The van der Waals surface area contributed by atoms with Gasteiger partial charge >= 0.3 is 0 Å². The van der Waals surface area contributed by atoms with Gasteiger partial charge in [-0.15, -0.1) is 0 Å². The Morgan fingerprint density at radius 3 is 2.62 bits per heavy atom. The molecule has 0 aromatic rings. The van der Waals surface area contributed by atoms with Crippen LogP contribution in [0.1, 0.15) is 51.9 Å². The maximum absolute atomic E-state index is 12.7. The fraction of sp³-hybridized carbons (Fsp3) is 0.941. The number of carbonyl (C=O) groups excluding carboxylic acids is 1. The Kier molecular flexibility index (Phi) is 3.30. The Hall–Kier alpha value is -0.610. The Labute approximate surface area is 127 Å². The van der Waals surface area contributed by atoms with Gasteiger partial charge in [0.2, 0.25) is 5.91 Å². The summed E-state index contributed by atoms with van der Waals surface area (Å²) in [5, 5.41) is 14.0. The first-order chi connectivity index (χ1) is 10.1. The van der Waals surface area contributed by atoms with Gasteiger partial charge in [0.15, 0.2) is 0 Å². The van der Waals surface area contributed by atoms with Crippen molar-refractivity contribution in [1.82, 2.24) is 10.2 Å². The van der Waals surface area contributed by atoms with Gasteiger partial charge in [0.05, 0.1) is 11.6 Å². The van der Waals surface area contributed by atoms with Crippen molar-refractivity contribution in [2.75, 3.05) is 13.1 Å². The molecule has 2 N–H and O–H groups in total. The molecule has 5 aliphatic rings. The lowest BCUT2D eigenvalue weighted by Crippen LogP contribution is -2.63. The summed E-state index contributed by atoms with van der Waals surface area (Å²) < 4.78 is 0. The smallest absolute Gasteiger partial charge is 0.237 e. The van der Waals surface area contributed by atoms with Gasteiger partial charge in [-0.3, -0.25) is 9.69 Å². The molecule has 4 bridgehead atoms. The first-order valence-corrected chi connectivity index (χ1v) is 8.85. The molecule has 0 aromatic heterocycles. The zero-order chi connectivity index (χ0) is 14.6. The van der Waals surface area contributed by atoms with Gasteiger partial charge in [-0.1, -0.05) is 6.92 Å². The Morgan fingerprint density at radius 1 is 1.29 bits per heavy atom. The summed E-state index contributed by atoms with van der Waals surface area (Å²) in [7, 11) is 0. The number of likely N-dealkylation sites (tertiary alicyclic amines) is 1. The molecule has 1 saturated heterocycles. The second-order valence-corrected chi connectivity index (χ2v) is 8.02. The van der Waals surface area contributed by atoms with Crippen LogP contribution in [0, 0.1) is 17.8 Å². The maximum Gasteiger partial charge on any atom is 0.237 e.